The number of H-pyrrole nitrogens is 1. The largest absolute Gasteiger partial charge is 0.444 e. The standard InChI is InChI=1S/C19H22N6O2/c1-19(2,3)27-18(26)24-16-12-20-14(10-22-16)9-21-15-11-23-25-17(15)13-7-5-4-6-8-13/h4-8,10-12,21H,9H2,1-3H3,(H,23,25)(H,22,24,26). The molecule has 0 aliphatic carbocycles. The van der Waals surface area contributed by atoms with Gasteiger partial charge < -0.3 is 10.1 Å². The van der Waals surface area contributed by atoms with Crippen molar-refractivity contribution in [3.05, 3.63) is 54.6 Å². The highest BCUT2D eigenvalue weighted by atomic mass is 16.6. The molecule has 0 saturated carbocycles. The summed E-state index contributed by atoms with van der Waals surface area (Å²) < 4.78 is 5.18. The third kappa shape index (κ3) is 5.27. The van der Waals surface area contributed by atoms with Crippen molar-refractivity contribution in [2.45, 2.75) is 32.9 Å². The number of amides is 1. The number of rotatable bonds is 5. The highest BCUT2D eigenvalue weighted by Gasteiger charge is 2.16. The van der Waals surface area contributed by atoms with E-state index in [1.54, 1.807) is 33.2 Å². The predicted octanol–water partition coefficient (Wildman–Crippen LogP) is 3.83. The van der Waals surface area contributed by atoms with E-state index < -0.39 is 11.7 Å². The molecule has 0 saturated heterocycles. The van der Waals surface area contributed by atoms with E-state index in [-0.39, 0.29) is 0 Å². The number of hydrogen-bond acceptors (Lipinski definition) is 6. The number of anilines is 2. The number of aromatic amines is 1. The molecule has 0 aliphatic heterocycles. The van der Waals surface area contributed by atoms with Gasteiger partial charge in [0.25, 0.3) is 0 Å². The molecule has 2 aromatic heterocycles. The third-order valence-corrected chi connectivity index (χ3v) is 3.50. The fourth-order valence-electron chi connectivity index (χ4n) is 2.35. The lowest BCUT2D eigenvalue weighted by Gasteiger charge is -2.19. The molecule has 8 heteroatoms. The molecular weight excluding hydrogens is 344 g/mol. The molecule has 140 valence electrons. The van der Waals surface area contributed by atoms with Gasteiger partial charge in [-0.05, 0) is 20.8 Å². The van der Waals surface area contributed by atoms with Crippen LogP contribution in [0, 0.1) is 0 Å². The fourth-order valence-corrected chi connectivity index (χ4v) is 2.35. The number of carbonyl (C=O) groups excluding carboxylic acids is 1. The predicted molar refractivity (Wildman–Crippen MR) is 103 cm³/mol. The first-order chi connectivity index (χ1) is 12.9. The highest BCUT2D eigenvalue weighted by molar-refractivity contribution is 5.83. The second-order valence-electron chi connectivity index (χ2n) is 6.90. The summed E-state index contributed by atoms with van der Waals surface area (Å²) in [7, 11) is 0. The second-order valence-corrected chi connectivity index (χ2v) is 6.90. The maximum Gasteiger partial charge on any atom is 0.413 e. The van der Waals surface area contributed by atoms with Gasteiger partial charge in [-0.15, -0.1) is 0 Å². The number of benzene rings is 1. The van der Waals surface area contributed by atoms with Crippen LogP contribution in [-0.2, 0) is 11.3 Å². The van der Waals surface area contributed by atoms with Crippen LogP contribution in [0.5, 0.6) is 0 Å². The lowest BCUT2D eigenvalue weighted by atomic mass is 10.1. The SMILES string of the molecule is CC(C)(C)OC(=O)Nc1cnc(CNc2cn[nH]c2-c2ccccc2)cn1. The normalized spacial score (nSPS) is 11.1. The van der Waals surface area contributed by atoms with Gasteiger partial charge in [0.05, 0.1) is 42.2 Å². The van der Waals surface area contributed by atoms with Crippen molar-refractivity contribution in [2.75, 3.05) is 10.6 Å². The topological polar surface area (TPSA) is 105 Å². The van der Waals surface area contributed by atoms with Crippen LogP contribution >= 0.6 is 0 Å². The van der Waals surface area contributed by atoms with Crippen LogP contribution in [0.25, 0.3) is 11.3 Å². The second kappa shape index (κ2) is 7.86. The van der Waals surface area contributed by atoms with Crippen molar-refractivity contribution in [3.63, 3.8) is 0 Å². The Kier molecular flexibility index (Phi) is 5.35. The van der Waals surface area contributed by atoms with Gasteiger partial charge in [-0.1, -0.05) is 30.3 Å². The number of nitrogens with zero attached hydrogens (tertiary/aromatic N) is 3. The number of nitrogens with one attached hydrogen (secondary N) is 3. The van der Waals surface area contributed by atoms with E-state index in [1.165, 1.54) is 6.20 Å². The van der Waals surface area contributed by atoms with Crippen molar-refractivity contribution in [3.8, 4) is 11.3 Å². The number of aromatic nitrogens is 4. The summed E-state index contributed by atoms with van der Waals surface area (Å²) in [5, 5.41) is 12.9. The van der Waals surface area contributed by atoms with Crippen LogP contribution in [0.4, 0.5) is 16.3 Å². The molecule has 0 unspecified atom stereocenters. The summed E-state index contributed by atoms with van der Waals surface area (Å²) in [4.78, 5) is 20.2. The minimum atomic E-state index is -0.567. The monoisotopic (exact) mass is 366 g/mol. The lowest BCUT2D eigenvalue weighted by molar-refractivity contribution is 0.0635. The molecule has 1 aromatic carbocycles. The summed E-state index contributed by atoms with van der Waals surface area (Å²) >= 11 is 0. The van der Waals surface area contributed by atoms with Gasteiger partial charge in [0.1, 0.15) is 5.60 Å². The first-order valence-corrected chi connectivity index (χ1v) is 8.54. The van der Waals surface area contributed by atoms with Gasteiger partial charge in [-0.2, -0.15) is 5.10 Å². The van der Waals surface area contributed by atoms with E-state index >= 15 is 0 Å². The van der Waals surface area contributed by atoms with E-state index in [9.17, 15) is 4.79 Å². The van der Waals surface area contributed by atoms with Gasteiger partial charge in [-0.3, -0.25) is 15.4 Å². The fraction of sp³-hybridized carbons (Fsp3) is 0.263. The zero-order valence-electron chi connectivity index (χ0n) is 15.5. The summed E-state index contributed by atoms with van der Waals surface area (Å²) in [6.45, 7) is 5.87. The Labute approximate surface area is 157 Å². The summed E-state index contributed by atoms with van der Waals surface area (Å²) in [6.07, 6.45) is 4.26. The summed E-state index contributed by atoms with van der Waals surface area (Å²) in [6, 6.07) is 9.93. The number of ether oxygens (including phenoxy) is 1. The Morgan fingerprint density at radius 3 is 2.56 bits per heavy atom. The highest BCUT2D eigenvalue weighted by Crippen LogP contribution is 2.25. The van der Waals surface area contributed by atoms with Crippen molar-refractivity contribution < 1.29 is 9.53 Å². The summed E-state index contributed by atoms with van der Waals surface area (Å²) in [5.41, 5.74) is 2.98. The van der Waals surface area contributed by atoms with Crippen LogP contribution in [0.1, 0.15) is 26.5 Å². The molecule has 1 amide bonds. The van der Waals surface area contributed by atoms with E-state index in [4.69, 9.17) is 4.74 Å². The Morgan fingerprint density at radius 2 is 1.89 bits per heavy atom. The van der Waals surface area contributed by atoms with E-state index in [0.29, 0.717) is 12.4 Å². The van der Waals surface area contributed by atoms with Crippen LogP contribution in [-0.4, -0.2) is 31.9 Å². The van der Waals surface area contributed by atoms with E-state index in [0.717, 1.165) is 22.6 Å². The van der Waals surface area contributed by atoms with Crippen molar-refractivity contribution in [2.24, 2.45) is 0 Å². The molecule has 0 radical (unpaired) electrons. The minimum absolute atomic E-state index is 0.335. The van der Waals surface area contributed by atoms with Crippen LogP contribution < -0.4 is 10.6 Å². The number of hydrogen-bond donors (Lipinski definition) is 3. The first-order valence-electron chi connectivity index (χ1n) is 8.54. The molecule has 3 aromatic rings. The Bertz CT molecular complexity index is 885. The van der Waals surface area contributed by atoms with E-state index in [2.05, 4.69) is 30.8 Å². The van der Waals surface area contributed by atoms with Crippen molar-refractivity contribution in [1.82, 2.24) is 20.2 Å². The van der Waals surface area contributed by atoms with Gasteiger partial charge in [-0.25, -0.2) is 9.78 Å². The molecular formula is C19H22N6O2. The average Bonchev–Trinajstić information content (AvgIpc) is 3.09. The van der Waals surface area contributed by atoms with Gasteiger partial charge in [0.15, 0.2) is 5.82 Å². The summed E-state index contributed by atoms with van der Waals surface area (Å²) in [5.74, 6) is 0.335. The quantitative estimate of drug-likeness (QED) is 0.634. The molecule has 0 atom stereocenters. The first kappa shape index (κ1) is 18.4. The minimum Gasteiger partial charge on any atom is -0.444 e. The molecule has 3 N–H and O–H groups in total. The van der Waals surface area contributed by atoms with Crippen LogP contribution in [0.3, 0.4) is 0 Å². The van der Waals surface area contributed by atoms with Crippen LogP contribution in [0.15, 0.2) is 48.9 Å². The molecule has 0 bridgehead atoms. The van der Waals surface area contributed by atoms with Crippen LogP contribution in [0.2, 0.25) is 0 Å². The molecule has 0 aliphatic rings. The Hall–Kier alpha value is -3.42. The number of carbonyl (C=O) groups is 1. The van der Waals surface area contributed by atoms with Gasteiger partial charge in [0, 0.05) is 5.56 Å². The zero-order valence-corrected chi connectivity index (χ0v) is 15.5. The molecule has 0 fully saturated rings. The maximum atomic E-state index is 11.7. The third-order valence-electron chi connectivity index (χ3n) is 3.50. The smallest absolute Gasteiger partial charge is 0.413 e. The molecule has 27 heavy (non-hydrogen) atoms. The zero-order chi connectivity index (χ0) is 19.3. The molecule has 3 rings (SSSR count). The van der Waals surface area contributed by atoms with Gasteiger partial charge >= 0.3 is 6.09 Å². The van der Waals surface area contributed by atoms with Crippen molar-refractivity contribution >= 4 is 17.6 Å². The molecule has 2 heterocycles. The Balaban J connectivity index is 1.59. The lowest BCUT2D eigenvalue weighted by Crippen LogP contribution is -2.27. The maximum absolute atomic E-state index is 11.7. The Morgan fingerprint density at radius 1 is 1.11 bits per heavy atom. The molecule has 8 nitrogen and oxygen atoms in total. The average molecular weight is 366 g/mol. The van der Waals surface area contributed by atoms with Crippen molar-refractivity contribution in [1.29, 1.82) is 0 Å². The van der Waals surface area contributed by atoms with Gasteiger partial charge in [0.2, 0.25) is 0 Å². The van der Waals surface area contributed by atoms with E-state index in [1.807, 2.05) is 30.3 Å². The molecule has 0 spiro atoms.